The summed E-state index contributed by atoms with van der Waals surface area (Å²) in [6, 6.07) is 9.54. The number of hydrogen-bond acceptors (Lipinski definition) is 6. The van der Waals surface area contributed by atoms with Gasteiger partial charge in [-0.25, -0.2) is 5.43 Å². The van der Waals surface area contributed by atoms with Crippen molar-refractivity contribution in [2.24, 2.45) is 5.10 Å². The van der Waals surface area contributed by atoms with Crippen LogP contribution < -0.4 is 14.9 Å². The van der Waals surface area contributed by atoms with Crippen LogP contribution in [-0.2, 0) is 0 Å². The molecule has 2 aromatic rings. The SMILES string of the molecule is O=C(N/N=C/c1cc2c(cc1[N+](=O)[O-])OCO2)c1ccccc1Br. The van der Waals surface area contributed by atoms with Crippen molar-refractivity contribution < 1.29 is 19.2 Å². The van der Waals surface area contributed by atoms with E-state index in [-0.39, 0.29) is 18.0 Å². The van der Waals surface area contributed by atoms with Gasteiger partial charge in [0, 0.05) is 4.47 Å². The van der Waals surface area contributed by atoms with Gasteiger partial charge >= 0.3 is 0 Å². The zero-order valence-electron chi connectivity index (χ0n) is 12.1. The summed E-state index contributed by atoms with van der Waals surface area (Å²) in [6.45, 7) is 0.00581. The molecule has 2 aromatic carbocycles. The number of rotatable bonds is 4. The van der Waals surface area contributed by atoms with Crippen LogP contribution in [0.4, 0.5) is 5.69 Å². The van der Waals surface area contributed by atoms with Crippen LogP contribution in [0, 0.1) is 10.1 Å². The van der Waals surface area contributed by atoms with E-state index in [0.717, 1.165) is 0 Å². The number of nitrogens with zero attached hydrogens (tertiary/aromatic N) is 2. The van der Waals surface area contributed by atoms with Crippen LogP contribution in [0.3, 0.4) is 0 Å². The van der Waals surface area contributed by atoms with Crippen molar-refractivity contribution in [1.82, 2.24) is 5.43 Å². The number of amides is 1. The topological polar surface area (TPSA) is 103 Å². The Bertz CT molecular complexity index is 853. The molecule has 24 heavy (non-hydrogen) atoms. The molecular formula is C15H10BrN3O5. The number of fused-ring (bicyclic) bond motifs is 1. The summed E-state index contributed by atoms with van der Waals surface area (Å²) in [5, 5.41) is 14.9. The van der Waals surface area contributed by atoms with Crippen LogP contribution in [0.15, 0.2) is 46.0 Å². The van der Waals surface area contributed by atoms with E-state index in [1.807, 2.05) is 0 Å². The smallest absolute Gasteiger partial charge is 0.282 e. The number of carbonyl (C=O) groups excluding carboxylic acids is 1. The molecule has 0 radical (unpaired) electrons. The van der Waals surface area contributed by atoms with Crippen LogP contribution in [0.25, 0.3) is 0 Å². The lowest BCUT2D eigenvalue weighted by Gasteiger charge is -2.03. The van der Waals surface area contributed by atoms with E-state index in [9.17, 15) is 14.9 Å². The van der Waals surface area contributed by atoms with E-state index in [1.54, 1.807) is 24.3 Å². The molecule has 0 aromatic heterocycles. The highest BCUT2D eigenvalue weighted by Crippen LogP contribution is 2.37. The van der Waals surface area contributed by atoms with Crippen molar-refractivity contribution in [2.45, 2.75) is 0 Å². The maximum atomic E-state index is 12.0. The highest BCUT2D eigenvalue weighted by Gasteiger charge is 2.22. The Labute approximate surface area is 144 Å². The predicted octanol–water partition coefficient (Wildman–Crippen LogP) is 2.85. The second-order valence-corrected chi connectivity index (χ2v) is 5.55. The number of nitro groups is 1. The third-order valence-corrected chi connectivity index (χ3v) is 3.90. The molecule has 3 rings (SSSR count). The second kappa shape index (κ2) is 6.67. The number of carbonyl (C=O) groups is 1. The molecule has 0 saturated carbocycles. The first-order chi connectivity index (χ1) is 11.6. The molecule has 0 spiro atoms. The van der Waals surface area contributed by atoms with Crippen molar-refractivity contribution in [3.8, 4) is 11.5 Å². The zero-order valence-corrected chi connectivity index (χ0v) is 13.6. The molecule has 1 aliphatic rings. The molecule has 8 nitrogen and oxygen atoms in total. The summed E-state index contributed by atoms with van der Waals surface area (Å²) >= 11 is 3.27. The lowest BCUT2D eigenvalue weighted by molar-refractivity contribution is -0.385. The van der Waals surface area contributed by atoms with E-state index in [0.29, 0.717) is 21.5 Å². The predicted molar refractivity (Wildman–Crippen MR) is 88.4 cm³/mol. The van der Waals surface area contributed by atoms with Crippen molar-refractivity contribution in [1.29, 1.82) is 0 Å². The number of ether oxygens (including phenoxy) is 2. The highest BCUT2D eigenvalue weighted by atomic mass is 79.9. The minimum absolute atomic E-state index is 0.00581. The number of hydrazone groups is 1. The molecular weight excluding hydrogens is 382 g/mol. The average Bonchev–Trinajstić information content (AvgIpc) is 3.01. The Hall–Kier alpha value is -2.94. The van der Waals surface area contributed by atoms with Crippen molar-refractivity contribution in [3.05, 3.63) is 62.1 Å². The summed E-state index contributed by atoms with van der Waals surface area (Å²) in [7, 11) is 0. The molecule has 1 amide bonds. The van der Waals surface area contributed by atoms with Crippen LogP contribution >= 0.6 is 15.9 Å². The Morgan fingerprint density at radius 2 is 2.00 bits per heavy atom. The Morgan fingerprint density at radius 3 is 2.71 bits per heavy atom. The first kappa shape index (κ1) is 15.9. The van der Waals surface area contributed by atoms with Crippen LogP contribution in [0.5, 0.6) is 11.5 Å². The molecule has 0 unspecified atom stereocenters. The van der Waals surface area contributed by atoms with Gasteiger partial charge in [0.2, 0.25) is 6.79 Å². The molecule has 1 N–H and O–H groups in total. The standard InChI is InChI=1S/C15H10BrN3O5/c16-11-4-2-1-3-10(11)15(20)18-17-7-9-5-13-14(24-8-23-13)6-12(9)19(21)22/h1-7H,8H2,(H,18,20)/b17-7+. The lowest BCUT2D eigenvalue weighted by Crippen LogP contribution is -2.18. The van der Waals surface area contributed by atoms with Crippen LogP contribution in [-0.4, -0.2) is 23.8 Å². The van der Waals surface area contributed by atoms with Gasteiger partial charge in [-0.15, -0.1) is 0 Å². The average molecular weight is 392 g/mol. The normalized spacial score (nSPS) is 12.4. The molecule has 0 aliphatic carbocycles. The zero-order chi connectivity index (χ0) is 17.1. The minimum Gasteiger partial charge on any atom is -0.454 e. The molecule has 0 atom stereocenters. The Morgan fingerprint density at radius 1 is 1.29 bits per heavy atom. The monoisotopic (exact) mass is 391 g/mol. The molecule has 0 saturated heterocycles. The van der Waals surface area contributed by atoms with Gasteiger partial charge in [-0.05, 0) is 34.1 Å². The number of halogens is 1. The van der Waals surface area contributed by atoms with Crippen molar-refractivity contribution >= 4 is 33.7 Å². The molecule has 122 valence electrons. The van der Waals surface area contributed by atoms with Crippen LogP contribution in [0.1, 0.15) is 15.9 Å². The van der Waals surface area contributed by atoms with Gasteiger partial charge in [0.05, 0.1) is 28.3 Å². The second-order valence-electron chi connectivity index (χ2n) is 4.70. The van der Waals surface area contributed by atoms with Gasteiger partial charge in [0.25, 0.3) is 11.6 Å². The number of nitrogens with one attached hydrogen (secondary N) is 1. The van der Waals surface area contributed by atoms with Crippen molar-refractivity contribution in [3.63, 3.8) is 0 Å². The van der Waals surface area contributed by atoms with E-state index in [1.165, 1.54) is 18.3 Å². The number of benzene rings is 2. The summed E-state index contributed by atoms with van der Waals surface area (Å²) in [6.07, 6.45) is 1.19. The van der Waals surface area contributed by atoms with Crippen molar-refractivity contribution in [2.75, 3.05) is 6.79 Å². The summed E-state index contributed by atoms with van der Waals surface area (Å²) < 4.78 is 10.9. The first-order valence-electron chi connectivity index (χ1n) is 6.72. The van der Waals surface area contributed by atoms with E-state index < -0.39 is 10.8 Å². The summed E-state index contributed by atoms with van der Waals surface area (Å²) in [5.74, 6) is 0.248. The lowest BCUT2D eigenvalue weighted by atomic mass is 10.1. The van der Waals surface area contributed by atoms with E-state index in [2.05, 4.69) is 26.5 Å². The van der Waals surface area contributed by atoms with Gasteiger partial charge in [0.15, 0.2) is 11.5 Å². The molecule has 1 heterocycles. The Kier molecular flexibility index (Phi) is 4.43. The number of hydrogen-bond donors (Lipinski definition) is 1. The summed E-state index contributed by atoms with van der Waals surface area (Å²) in [5.41, 5.74) is 2.72. The third kappa shape index (κ3) is 3.20. The molecule has 0 bridgehead atoms. The molecule has 1 aliphatic heterocycles. The quantitative estimate of drug-likeness (QED) is 0.490. The van der Waals surface area contributed by atoms with E-state index >= 15 is 0 Å². The van der Waals surface area contributed by atoms with Gasteiger partial charge in [-0.2, -0.15) is 5.10 Å². The maximum Gasteiger partial charge on any atom is 0.282 e. The maximum absolute atomic E-state index is 12.0. The van der Waals surface area contributed by atoms with Gasteiger partial charge < -0.3 is 9.47 Å². The fraction of sp³-hybridized carbons (Fsp3) is 0.0667. The minimum atomic E-state index is -0.557. The highest BCUT2D eigenvalue weighted by molar-refractivity contribution is 9.10. The largest absolute Gasteiger partial charge is 0.454 e. The molecule has 9 heteroatoms. The summed E-state index contributed by atoms with van der Waals surface area (Å²) in [4.78, 5) is 22.6. The van der Waals surface area contributed by atoms with Gasteiger partial charge in [-0.3, -0.25) is 14.9 Å². The fourth-order valence-electron chi connectivity index (χ4n) is 2.07. The van der Waals surface area contributed by atoms with Gasteiger partial charge in [0.1, 0.15) is 0 Å². The molecule has 0 fully saturated rings. The van der Waals surface area contributed by atoms with Crippen LogP contribution in [0.2, 0.25) is 0 Å². The fourth-order valence-corrected chi connectivity index (χ4v) is 2.54. The van der Waals surface area contributed by atoms with Gasteiger partial charge in [-0.1, -0.05) is 12.1 Å². The number of nitro benzene ring substituents is 1. The van der Waals surface area contributed by atoms with E-state index in [4.69, 9.17) is 9.47 Å². The first-order valence-corrected chi connectivity index (χ1v) is 7.51. The Balaban J connectivity index is 1.81. The third-order valence-electron chi connectivity index (χ3n) is 3.21.